The smallest absolute Gasteiger partial charge is 0.0837 e. The van der Waals surface area contributed by atoms with Crippen molar-refractivity contribution in [1.29, 1.82) is 0 Å². The zero-order valence-corrected chi connectivity index (χ0v) is 15.9. The minimum atomic E-state index is 0.185. The molecule has 1 aliphatic heterocycles. The average Bonchev–Trinajstić information content (AvgIpc) is 3.20. The highest BCUT2D eigenvalue weighted by molar-refractivity contribution is 6.04. The molecule has 2 nitrogen and oxygen atoms in total. The molecule has 5 rings (SSSR count). The van der Waals surface area contributed by atoms with Gasteiger partial charge in [0.1, 0.15) is 0 Å². The standard InChI is InChI=1S/C26H22N2/c1-19-14-16-21(17-15-19)25-18-26(28(27-25)22-10-3-2-4-11-22)24-13-7-9-20-8-5-6-12-23(20)24/h2-17,26H,18H2,1H3/t26-/m0/s1. The van der Waals surface area contributed by atoms with E-state index in [9.17, 15) is 0 Å². The molecule has 0 aliphatic carbocycles. The molecule has 1 aliphatic rings. The van der Waals surface area contributed by atoms with Crippen LogP contribution in [0, 0.1) is 6.92 Å². The second-order valence-electron chi connectivity index (χ2n) is 7.38. The van der Waals surface area contributed by atoms with Crippen molar-refractivity contribution < 1.29 is 0 Å². The number of benzene rings is 4. The second-order valence-corrected chi connectivity index (χ2v) is 7.38. The van der Waals surface area contributed by atoms with E-state index in [2.05, 4.69) is 109 Å². The zero-order valence-electron chi connectivity index (χ0n) is 15.9. The van der Waals surface area contributed by atoms with Gasteiger partial charge in [0.25, 0.3) is 0 Å². The van der Waals surface area contributed by atoms with Crippen LogP contribution in [0.1, 0.15) is 29.2 Å². The van der Waals surface area contributed by atoms with Gasteiger partial charge in [0, 0.05) is 6.42 Å². The van der Waals surface area contributed by atoms with E-state index in [0.29, 0.717) is 0 Å². The van der Waals surface area contributed by atoms with Crippen molar-refractivity contribution in [1.82, 2.24) is 0 Å². The number of hydrogen-bond donors (Lipinski definition) is 0. The van der Waals surface area contributed by atoms with Crippen molar-refractivity contribution in [2.75, 3.05) is 5.01 Å². The molecule has 0 aromatic heterocycles. The molecule has 0 bridgehead atoms. The molecular weight excluding hydrogens is 340 g/mol. The lowest BCUT2D eigenvalue weighted by molar-refractivity contribution is 0.714. The van der Waals surface area contributed by atoms with E-state index in [1.54, 1.807) is 0 Å². The first-order valence-corrected chi connectivity index (χ1v) is 9.76. The Morgan fingerprint density at radius 2 is 1.46 bits per heavy atom. The summed E-state index contributed by atoms with van der Waals surface area (Å²) in [6, 6.07) is 34.6. The molecule has 0 fully saturated rings. The van der Waals surface area contributed by atoms with Crippen LogP contribution in [0.25, 0.3) is 10.8 Å². The molecule has 1 atom stereocenters. The largest absolute Gasteiger partial charge is 0.257 e. The summed E-state index contributed by atoms with van der Waals surface area (Å²) in [5.74, 6) is 0. The number of hydrogen-bond acceptors (Lipinski definition) is 2. The number of anilines is 1. The molecule has 28 heavy (non-hydrogen) atoms. The van der Waals surface area contributed by atoms with Gasteiger partial charge in [0.05, 0.1) is 17.4 Å². The van der Waals surface area contributed by atoms with E-state index in [-0.39, 0.29) is 6.04 Å². The number of para-hydroxylation sites is 1. The first kappa shape index (κ1) is 16.8. The van der Waals surface area contributed by atoms with Gasteiger partial charge in [-0.2, -0.15) is 5.10 Å². The first-order chi connectivity index (χ1) is 13.8. The number of rotatable bonds is 3. The van der Waals surface area contributed by atoms with Gasteiger partial charge in [-0.15, -0.1) is 0 Å². The summed E-state index contributed by atoms with van der Waals surface area (Å²) < 4.78 is 0. The predicted octanol–water partition coefficient (Wildman–Crippen LogP) is 6.50. The highest BCUT2D eigenvalue weighted by Gasteiger charge is 2.30. The first-order valence-electron chi connectivity index (χ1n) is 9.76. The second kappa shape index (κ2) is 6.97. The molecule has 0 spiro atoms. The lowest BCUT2D eigenvalue weighted by Gasteiger charge is -2.25. The van der Waals surface area contributed by atoms with Crippen LogP contribution in [-0.2, 0) is 0 Å². The molecular formula is C26H22N2. The predicted molar refractivity (Wildman–Crippen MR) is 118 cm³/mol. The molecule has 2 heteroatoms. The Hall–Kier alpha value is -3.39. The Bertz CT molecular complexity index is 1140. The minimum absolute atomic E-state index is 0.185. The third-order valence-electron chi connectivity index (χ3n) is 5.50. The molecule has 1 heterocycles. The number of aryl methyl sites for hydroxylation is 1. The van der Waals surface area contributed by atoms with Crippen LogP contribution in [0.4, 0.5) is 5.69 Å². The van der Waals surface area contributed by atoms with Gasteiger partial charge < -0.3 is 0 Å². The van der Waals surface area contributed by atoms with E-state index in [0.717, 1.165) is 17.8 Å². The molecule has 0 radical (unpaired) electrons. The molecule has 4 aromatic rings. The van der Waals surface area contributed by atoms with Crippen molar-refractivity contribution in [2.24, 2.45) is 5.10 Å². The molecule has 136 valence electrons. The monoisotopic (exact) mass is 362 g/mol. The average molecular weight is 362 g/mol. The van der Waals surface area contributed by atoms with Crippen LogP contribution in [0.2, 0.25) is 0 Å². The summed E-state index contributed by atoms with van der Waals surface area (Å²) in [6.07, 6.45) is 0.895. The van der Waals surface area contributed by atoms with Crippen LogP contribution in [0.5, 0.6) is 0 Å². The SMILES string of the molecule is Cc1ccc(C2=NN(c3ccccc3)[C@H](c3cccc4ccccc34)C2)cc1. The van der Waals surface area contributed by atoms with E-state index >= 15 is 0 Å². The lowest BCUT2D eigenvalue weighted by Crippen LogP contribution is -2.18. The molecule has 0 saturated carbocycles. The Balaban J connectivity index is 1.63. The van der Waals surface area contributed by atoms with Gasteiger partial charge in [-0.05, 0) is 41.0 Å². The van der Waals surface area contributed by atoms with Gasteiger partial charge in [0.2, 0.25) is 0 Å². The van der Waals surface area contributed by atoms with Crippen molar-refractivity contribution in [3.63, 3.8) is 0 Å². The topological polar surface area (TPSA) is 15.6 Å². The Kier molecular flexibility index (Phi) is 4.17. The fourth-order valence-electron chi connectivity index (χ4n) is 4.03. The van der Waals surface area contributed by atoms with Crippen molar-refractivity contribution in [3.05, 3.63) is 114 Å². The van der Waals surface area contributed by atoms with Gasteiger partial charge >= 0.3 is 0 Å². The van der Waals surface area contributed by atoms with E-state index in [1.807, 2.05) is 0 Å². The maximum absolute atomic E-state index is 5.07. The molecule has 0 amide bonds. The Morgan fingerprint density at radius 1 is 0.750 bits per heavy atom. The third-order valence-corrected chi connectivity index (χ3v) is 5.50. The van der Waals surface area contributed by atoms with Crippen LogP contribution in [0.15, 0.2) is 102 Å². The van der Waals surface area contributed by atoms with Gasteiger partial charge in [-0.25, -0.2) is 0 Å². The van der Waals surface area contributed by atoms with Crippen LogP contribution >= 0.6 is 0 Å². The van der Waals surface area contributed by atoms with Gasteiger partial charge in [0.15, 0.2) is 0 Å². The third kappa shape index (κ3) is 2.97. The fourth-order valence-corrected chi connectivity index (χ4v) is 4.03. The Labute approximate surface area is 165 Å². The molecule has 0 N–H and O–H groups in total. The maximum atomic E-state index is 5.07. The number of nitrogens with zero attached hydrogens (tertiary/aromatic N) is 2. The van der Waals surface area contributed by atoms with Crippen LogP contribution in [-0.4, -0.2) is 5.71 Å². The van der Waals surface area contributed by atoms with E-state index < -0.39 is 0 Å². The lowest BCUT2D eigenvalue weighted by atomic mass is 9.93. The van der Waals surface area contributed by atoms with Crippen molar-refractivity contribution in [2.45, 2.75) is 19.4 Å². The summed E-state index contributed by atoms with van der Waals surface area (Å²) in [5, 5.41) is 9.84. The number of hydrazone groups is 1. The van der Waals surface area contributed by atoms with E-state index in [4.69, 9.17) is 5.10 Å². The quantitative estimate of drug-likeness (QED) is 0.406. The van der Waals surface area contributed by atoms with E-state index in [1.165, 1.54) is 27.5 Å². The fraction of sp³-hybridized carbons (Fsp3) is 0.115. The summed E-state index contributed by atoms with van der Waals surface area (Å²) in [7, 11) is 0. The Morgan fingerprint density at radius 3 is 2.29 bits per heavy atom. The van der Waals surface area contributed by atoms with Gasteiger partial charge in [-0.3, -0.25) is 5.01 Å². The summed E-state index contributed by atoms with van der Waals surface area (Å²) in [5.41, 5.74) is 6.07. The summed E-state index contributed by atoms with van der Waals surface area (Å²) in [4.78, 5) is 0. The van der Waals surface area contributed by atoms with Crippen molar-refractivity contribution in [3.8, 4) is 0 Å². The highest BCUT2D eigenvalue weighted by atomic mass is 15.5. The van der Waals surface area contributed by atoms with Gasteiger partial charge in [-0.1, -0.05) is 90.5 Å². The summed E-state index contributed by atoms with van der Waals surface area (Å²) >= 11 is 0. The van der Waals surface area contributed by atoms with Crippen molar-refractivity contribution >= 4 is 22.2 Å². The number of fused-ring (bicyclic) bond motifs is 1. The normalized spacial score (nSPS) is 16.4. The summed E-state index contributed by atoms with van der Waals surface area (Å²) in [6.45, 7) is 2.12. The molecule has 0 saturated heterocycles. The molecule has 4 aromatic carbocycles. The van der Waals surface area contributed by atoms with Crippen LogP contribution < -0.4 is 5.01 Å². The zero-order chi connectivity index (χ0) is 18.9. The maximum Gasteiger partial charge on any atom is 0.0837 e. The minimum Gasteiger partial charge on any atom is -0.257 e. The van der Waals surface area contributed by atoms with Crippen LogP contribution in [0.3, 0.4) is 0 Å². The highest BCUT2D eigenvalue weighted by Crippen LogP contribution is 2.39. The molecule has 0 unspecified atom stereocenters.